The molecule has 25 heavy (non-hydrogen) atoms. The number of nitrogen functional groups attached to an aromatic ring is 1. The van der Waals surface area contributed by atoms with Gasteiger partial charge in [0.05, 0.1) is 5.69 Å². The standard InChI is InChI=1S/C16H13N3O4S2/c17-10-1-6-13-9(7-10)8-14(25(21,22)23)15(16(13)20)19-18-11-2-4-12(24)5-3-11/h1-8,20,24H,17H2,(H,21,22,23). The van der Waals surface area contributed by atoms with E-state index in [1.807, 2.05) is 0 Å². The molecule has 0 aliphatic carbocycles. The third-order valence-corrected chi connectivity index (χ3v) is 4.63. The molecule has 3 aromatic rings. The van der Waals surface area contributed by atoms with Crippen molar-refractivity contribution in [2.45, 2.75) is 9.79 Å². The van der Waals surface area contributed by atoms with Gasteiger partial charge in [-0.05, 0) is 53.9 Å². The molecule has 0 heterocycles. The first-order valence-electron chi connectivity index (χ1n) is 6.99. The van der Waals surface area contributed by atoms with Gasteiger partial charge in [-0.25, -0.2) is 0 Å². The predicted octanol–water partition coefficient (Wildman–Crippen LogP) is 4.08. The fourth-order valence-corrected chi connectivity index (χ4v) is 3.10. The van der Waals surface area contributed by atoms with Crippen LogP contribution in [0, 0.1) is 0 Å². The van der Waals surface area contributed by atoms with E-state index in [0.717, 1.165) is 4.90 Å². The lowest BCUT2D eigenvalue weighted by Crippen LogP contribution is -1.99. The quantitative estimate of drug-likeness (QED) is 0.237. The van der Waals surface area contributed by atoms with Gasteiger partial charge in [0.1, 0.15) is 10.6 Å². The second-order valence-corrected chi connectivity index (χ2v) is 7.15. The molecule has 0 saturated carbocycles. The number of fused-ring (bicyclic) bond motifs is 1. The highest BCUT2D eigenvalue weighted by atomic mass is 32.2. The van der Waals surface area contributed by atoms with Crippen molar-refractivity contribution < 1.29 is 18.1 Å². The molecule has 4 N–H and O–H groups in total. The zero-order chi connectivity index (χ0) is 18.2. The Labute approximate surface area is 149 Å². The van der Waals surface area contributed by atoms with E-state index in [1.54, 1.807) is 30.3 Å². The normalized spacial score (nSPS) is 12.1. The summed E-state index contributed by atoms with van der Waals surface area (Å²) in [6, 6.07) is 12.4. The molecule has 0 aliphatic rings. The summed E-state index contributed by atoms with van der Waals surface area (Å²) >= 11 is 4.15. The topological polar surface area (TPSA) is 125 Å². The fourth-order valence-electron chi connectivity index (χ4n) is 2.29. The molecule has 0 aromatic heterocycles. The molecule has 0 radical (unpaired) electrons. The molecule has 0 spiro atoms. The van der Waals surface area contributed by atoms with E-state index in [0.29, 0.717) is 22.1 Å². The number of rotatable bonds is 3. The summed E-state index contributed by atoms with van der Waals surface area (Å²) in [4.78, 5) is 0.168. The average Bonchev–Trinajstić information content (AvgIpc) is 2.54. The van der Waals surface area contributed by atoms with Gasteiger partial charge in [-0.15, -0.1) is 17.7 Å². The van der Waals surface area contributed by atoms with E-state index in [1.165, 1.54) is 18.2 Å². The summed E-state index contributed by atoms with van der Waals surface area (Å²) in [5.41, 5.74) is 6.13. The number of anilines is 1. The van der Waals surface area contributed by atoms with Gasteiger partial charge in [0.25, 0.3) is 10.1 Å². The van der Waals surface area contributed by atoms with Crippen LogP contribution in [0.2, 0.25) is 0 Å². The lowest BCUT2D eigenvalue weighted by molar-refractivity contribution is 0.472. The Morgan fingerprint density at radius 1 is 1.00 bits per heavy atom. The molecule has 0 bridgehead atoms. The zero-order valence-corrected chi connectivity index (χ0v) is 14.4. The van der Waals surface area contributed by atoms with Crippen LogP contribution < -0.4 is 5.73 Å². The first-order valence-corrected chi connectivity index (χ1v) is 8.88. The number of hydrogen-bond donors (Lipinski definition) is 4. The molecule has 3 aromatic carbocycles. The van der Waals surface area contributed by atoms with Crippen molar-refractivity contribution in [3.63, 3.8) is 0 Å². The van der Waals surface area contributed by atoms with E-state index in [4.69, 9.17) is 5.73 Å². The van der Waals surface area contributed by atoms with E-state index in [-0.39, 0.29) is 5.69 Å². The second-order valence-electron chi connectivity index (χ2n) is 5.24. The Morgan fingerprint density at radius 3 is 2.32 bits per heavy atom. The molecule has 9 heteroatoms. The number of thiol groups is 1. The van der Waals surface area contributed by atoms with E-state index >= 15 is 0 Å². The van der Waals surface area contributed by atoms with Crippen LogP contribution in [0.4, 0.5) is 17.1 Å². The molecule has 0 atom stereocenters. The Morgan fingerprint density at radius 2 is 1.68 bits per heavy atom. The Kier molecular flexibility index (Phi) is 4.38. The summed E-state index contributed by atoms with van der Waals surface area (Å²) in [6.07, 6.45) is 0. The molecule has 3 rings (SSSR count). The SMILES string of the molecule is Nc1ccc2c(O)c(N=Nc3ccc(S)cc3)c(S(=O)(=O)O)cc2c1. The summed E-state index contributed by atoms with van der Waals surface area (Å²) in [7, 11) is -4.64. The lowest BCUT2D eigenvalue weighted by atomic mass is 10.1. The number of benzene rings is 3. The first kappa shape index (κ1) is 17.2. The number of nitrogens with zero attached hydrogens (tertiary/aromatic N) is 2. The van der Waals surface area contributed by atoms with Crippen LogP contribution in [-0.2, 0) is 10.1 Å². The molecular formula is C16H13N3O4S2. The zero-order valence-electron chi connectivity index (χ0n) is 12.7. The number of nitrogens with two attached hydrogens (primary N) is 1. The third-order valence-electron chi connectivity index (χ3n) is 3.47. The van der Waals surface area contributed by atoms with Gasteiger partial charge in [0.15, 0.2) is 5.75 Å². The smallest absolute Gasteiger partial charge is 0.296 e. The van der Waals surface area contributed by atoms with Crippen molar-refractivity contribution in [3.8, 4) is 5.75 Å². The maximum atomic E-state index is 11.7. The van der Waals surface area contributed by atoms with Crippen molar-refractivity contribution in [2.24, 2.45) is 10.2 Å². The monoisotopic (exact) mass is 375 g/mol. The lowest BCUT2D eigenvalue weighted by Gasteiger charge is -2.09. The average molecular weight is 375 g/mol. The van der Waals surface area contributed by atoms with Crippen molar-refractivity contribution >= 4 is 50.6 Å². The molecular weight excluding hydrogens is 362 g/mol. The molecule has 0 fully saturated rings. The van der Waals surface area contributed by atoms with Crippen LogP contribution in [0.5, 0.6) is 5.75 Å². The number of phenolic OH excluding ortho intramolecular Hbond substituents is 1. The number of azo groups is 1. The Bertz CT molecular complexity index is 1090. The van der Waals surface area contributed by atoms with Crippen LogP contribution in [0.3, 0.4) is 0 Å². The van der Waals surface area contributed by atoms with Crippen LogP contribution in [0.25, 0.3) is 10.8 Å². The molecule has 0 saturated heterocycles. The number of hydrogen-bond acceptors (Lipinski definition) is 7. The predicted molar refractivity (Wildman–Crippen MR) is 97.7 cm³/mol. The highest BCUT2D eigenvalue weighted by Gasteiger charge is 2.22. The maximum absolute atomic E-state index is 11.7. The van der Waals surface area contributed by atoms with E-state index in [2.05, 4.69) is 22.9 Å². The summed E-state index contributed by atoms with van der Waals surface area (Å²) in [5.74, 6) is -0.417. The largest absolute Gasteiger partial charge is 0.505 e. The van der Waals surface area contributed by atoms with Gasteiger partial charge in [-0.1, -0.05) is 0 Å². The van der Waals surface area contributed by atoms with Gasteiger partial charge in [-0.3, -0.25) is 4.55 Å². The fraction of sp³-hybridized carbons (Fsp3) is 0. The number of aromatic hydroxyl groups is 1. The molecule has 0 unspecified atom stereocenters. The van der Waals surface area contributed by atoms with E-state index < -0.39 is 20.8 Å². The molecule has 7 nitrogen and oxygen atoms in total. The number of phenols is 1. The van der Waals surface area contributed by atoms with Crippen molar-refractivity contribution in [1.82, 2.24) is 0 Å². The minimum absolute atomic E-state index is 0.334. The summed E-state index contributed by atoms with van der Waals surface area (Å²) < 4.78 is 32.9. The summed E-state index contributed by atoms with van der Waals surface area (Å²) in [6.45, 7) is 0. The highest BCUT2D eigenvalue weighted by molar-refractivity contribution is 7.86. The van der Waals surface area contributed by atoms with Crippen molar-refractivity contribution in [3.05, 3.63) is 48.5 Å². The Hall–Kier alpha value is -2.62. The maximum Gasteiger partial charge on any atom is 0.296 e. The minimum atomic E-state index is -4.64. The van der Waals surface area contributed by atoms with Gasteiger partial charge < -0.3 is 10.8 Å². The van der Waals surface area contributed by atoms with Crippen LogP contribution in [0.15, 0.2) is 68.6 Å². The van der Waals surface area contributed by atoms with Gasteiger partial charge >= 0.3 is 0 Å². The minimum Gasteiger partial charge on any atom is -0.505 e. The van der Waals surface area contributed by atoms with Crippen LogP contribution in [-0.4, -0.2) is 18.1 Å². The first-order chi connectivity index (χ1) is 11.8. The summed E-state index contributed by atoms with van der Waals surface area (Å²) in [5, 5.41) is 18.8. The molecule has 0 aliphatic heterocycles. The third kappa shape index (κ3) is 3.58. The van der Waals surface area contributed by atoms with Gasteiger partial charge in [0, 0.05) is 16.0 Å². The van der Waals surface area contributed by atoms with Crippen LogP contribution >= 0.6 is 12.6 Å². The van der Waals surface area contributed by atoms with Gasteiger partial charge in [-0.2, -0.15) is 13.5 Å². The Balaban J connectivity index is 2.23. The van der Waals surface area contributed by atoms with Crippen LogP contribution in [0.1, 0.15) is 0 Å². The van der Waals surface area contributed by atoms with Gasteiger partial charge in [0.2, 0.25) is 0 Å². The second kappa shape index (κ2) is 6.36. The molecule has 0 amide bonds. The van der Waals surface area contributed by atoms with Crippen molar-refractivity contribution in [1.29, 1.82) is 0 Å². The van der Waals surface area contributed by atoms with E-state index in [9.17, 15) is 18.1 Å². The van der Waals surface area contributed by atoms with Crippen molar-refractivity contribution in [2.75, 3.05) is 5.73 Å². The highest BCUT2D eigenvalue weighted by Crippen LogP contribution is 2.41. The molecule has 128 valence electrons.